The summed E-state index contributed by atoms with van der Waals surface area (Å²) in [5.41, 5.74) is -0.722. The van der Waals surface area contributed by atoms with Crippen molar-refractivity contribution < 1.29 is 9.59 Å². The molecule has 6 heteroatoms. The monoisotopic (exact) mass is 302 g/mol. The van der Waals surface area contributed by atoms with E-state index in [1.165, 1.54) is 11.5 Å². The summed E-state index contributed by atoms with van der Waals surface area (Å²) in [6, 6.07) is 0. The highest BCUT2D eigenvalue weighted by Crippen LogP contribution is 2.26. The van der Waals surface area contributed by atoms with Crippen LogP contribution in [0.4, 0.5) is 0 Å². The third kappa shape index (κ3) is 3.60. The fraction of sp³-hybridized carbons (Fsp3) is 0.846. The lowest BCUT2D eigenvalue weighted by molar-refractivity contribution is -0.138. The van der Waals surface area contributed by atoms with Gasteiger partial charge in [-0.2, -0.15) is 23.5 Å². The zero-order chi connectivity index (χ0) is 13.9. The number of rotatable bonds is 3. The summed E-state index contributed by atoms with van der Waals surface area (Å²) in [6.45, 7) is 5.13. The Balaban J connectivity index is 2.05. The van der Waals surface area contributed by atoms with Crippen LogP contribution < -0.4 is 5.32 Å². The lowest BCUT2D eigenvalue weighted by atomic mass is 9.97. The molecule has 2 saturated heterocycles. The van der Waals surface area contributed by atoms with Gasteiger partial charge in [0.1, 0.15) is 5.54 Å². The summed E-state index contributed by atoms with van der Waals surface area (Å²) >= 11 is 3.92. The molecule has 0 aliphatic carbocycles. The van der Waals surface area contributed by atoms with Gasteiger partial charge in [-0.05, 0) is 13.3 Å². The summed E-state index contributed by atoms with van der Waals surface area (Å²) in [5, 5.41) is 3.39. The Kier molecular flexibility index (Phi) is 5.06. The quantitative estimate of drug-likeness (QED) is 0.855. The van der Waals surface area contributed by atoms with Crippen LogP contribution in [-0.4, -0.2) is 57.9 Å². The maximum atomic E-state index is 12.6. The maximum absolute atomic E-state index is 12.6. The van der Waals surface area contributed by atoms with E-state index in [0.717, 1.165) is 12.3 Å². The summed E-state index contributed by atoms with van der Waals surface area (Å²) in [7, 11) is 0. The second kappa shape index (κ2) is 6.39. The molecule has 2 rings (SSSR count). The first kappa shape index (κ1) is 15.0. The molecule has 2 unspecified atom stereocenters. The summed E-state index contributed by atoms with van der Waals surface area (Å²) in [6.07, 6.45) is 1.06. The zero-order valence-electron chi connectivity index (χ0n) is 11.6. The van der Waals surface area contributed by atoms with E-state index >= 15 is 0 Å². The lowest BCUT2D eigenvalue weighted by Gasteiger charge is -2.34. The van der Waals surface area contributed by atoms with Crippen molar-refractivity contribution in [2.75, 3.05) is 30.3 Å². The normalized spacial score (nSPS) is 32.9. The van der Waals surface area contributed by atoms with Crippen LogP contribution in [0.2, 0.25) is 0 Å². The fourth-order valence-electron chi connectivity index (χ4n) is 2.41. The Bertz CT molecular complexity index is 359. The summed E-state index contributed by atoms with van der Waals surface area (Å²) in [5.74, 6) is 3.56. The average molecular weight is 302 g/mol. The Morgan fingerprint density at radius 2 is 2.21 bits per heavy atom. The molecule has 0 bridgehead atoms. The van der Waals surface area contributed by atoms with Gasteiger partial charge >= 0.3 is 0 Å². The molecule has 1 N–H and O–H groups in total. The van der Waals surface area contributed by atoms with Crippen molar-refractivity contribution in [3.63, 3.8) is 0 Å². The van der Waals surface area contributed by atoms with E-state index in [1.807, 2.05) is 42.3 Å². The van der Waals surface area contributed by atoms with Gasteiger partial charge in [0.15, 0.2) is 0 Å². The molecular weight excluding hydrogens is 280 g/mol. The highest BCUT2D eigenvalue weighted by Gasteiger charge is 2.39. The largest absolute Gasteiger partial charge is 0.342 e. The van der Waals surface area contributed by atoms with Crippen molar-refractivity contribution in [3.8, 4) is 0 Å². The second-order valence-corrected chi connectivity index (χ2v) is 7.86. The first-order chi connectivity index (χ1) is 9.05. The van der Waals surface area contributed by atoms with Crippen molar-refractivity contribution in [1.29, 1.82) is 0 Å². The predicted octanol–water partition coefficient (Wildman–Crippen LogP) is 1.35. The van der Waals surface area contributed by atoms with Crippen LogP contribution in [0.25, 0.3) is 0 Å². The molecule has 2 atom stereocenters. The third-order valence-corrected chi connectivity index (χ3v) is 6.63. The van der Waals surface area contributed by atoms with Crippen LogP contribution in [0.1, 0.15) is 26.7 Å². The first-order valence-electron chi connectivity index (χ1n) is 6.85. The number of carbonyl (C=O) groups excluding carboxylic acids is 2. The number of nitrogens with one attached hydrogen (secondary N) is 1. The van der Waals surface area contributed by atoms with Gasteiger partial charge in [-0.1, -0.05) is 6.92 Å². The highest BCUT2D eigenvalue weighted by atomic mass is 32.2. The van der Waals surface area contributed by atoms with Crippen molar-refractivity contribution in [2.24, 2.45) is 0 Å². The number of amides is 2. The molecule has 2 aliphatic rings. The van der Waals surface area contributed by atoms with Crippen LogP contribution in [-0.2, 0) is 9.59 Å². The molecule has 2 fully saturated rings. The first-order valence-corrected chi connectivity index (χ1v) is 9.05. The number of hydrogen-bond acceptors (Lipinski definition) is 4. The van der Waals surface area contributed by atoms with E-state index < -0.39 is 5.54 Å². The standard InChI is InChI=1S/C13H22N2O2S2/c1-3-13(2)12(17)15(5-4-11(16)14-13)8-10-9-18-6-7-19-10/h10H,3-9H2,1-2H3,(H,14,16). The second-order valence-electron chi connectivity index (χ2n) is 5.30. The van der Waals surface area contributed by atoms with Gasteiger partial charge in [0.2, 0.25) is 11.8 Å². The number of hydrogen-bond donors (Lipinski definition) is 1. The van der Waals surface area contributed by atoms with Gasteiger partial charge in [0, 0.05) is 42.0 Å². The van der Waals surface area contributed by atoms with E-state index in [0.29, 0.717) is 24.6 Å². The maximum Gasteiger partial charge on any atom is 0.248 e. The van der Waals surface area contributed by atoms with E-state index in [-0.39, 0.29) is 11.8 Å². The molecule has 108 valence electrons. The van der Waals surface area contributed by atoms with Gasteiger partial charge in [-0.25, -0.2) is 0 Å². The van der Waals surface area contributed by atoms with Crippen molar-refractivity contribution in [1.82, 2.24) is 10.2 Å². The van der Waals surface area contributed by atoms with Crippen molar-refractivity contribution in [2.45, 2.75) is 37.5 Å². The Labute approximate surface area is 123 Å². The van der Waals surface area contributed by atoms with Crippen LogP contribution >= 0.6 is 23.5 Å². The van der Waals surface area contributed by atoms with Crippen LogP contribution in [0.15, 0.2) is 0 Å². The SMILES string of the molecule is CCC1(C)NC(=O)CCN(CC2CSCCS2)C1=O. The molecule has 19 heavy (non-hydrogen) atoms. The Morgan fingerprint density at radius 1 is 1.42 bits per heavy atom. The van der Waals surface area contributed by atoms with Gasteiger partial charge in [-0.3, -0.25) is 9.59 Å². The zero-order valence-corrected chi connectivity index (χ0v) is 13.2. The minimum atomic E-state index is -0.722. The molecule has 0 aromatic carbocycles. The third-order valence-electron chi connectivity index (χ3n) is 3.80. The van der Waals surface area contributed by atoms with E-state index in [4.69, 9.17) is 0 Å². The van der Waals surface area contributed by atoms with Gasteiger partial charge in [-0.15, -0.1) is 0 Å². The Hall–Kier alpha value is -0.360. The van der Waals surface area contributed by atoms with Crippen LogP contribution in [0.3, 0.4) is 0 Å². The van der Waals surface area contributed by atoms with Crippen molar-refractivity contribution >= 4 is 35.3 Å². The van der Waals surface area contributed by atoms with E-state index in [2.05, 4.69) is 5.32 Å². The molecule has 4 nitrogen and oxygen atoms in total. The minimum absolute atomic E-state index is 0.00845. The predicted molar refractivity (Wildman–Crippen MR) is 81.6 cm³/mol. The molecule has 0 saturated carbocycles. The fourth-order valence-corrected chi connectivity index (χ4v) is 5.10. The summed E-state index contributed by atoms with van der Waals surface area (Å²) in [4.78, 5) is 26.2. The van der Waals surface area contributed by atoms with Crippen molar-refractivity contribution in [3.05, 3.63) is 0 Å². The Morgan fingerprint density at radius 3 is 2.84 bits per heavy atom. The molecule has 2 aliphatic heterocycles. The molecule has 0 spiro atoms. The van der Waals surface area contributed by atoms with Crippen LogP contribution in [0.5, 0.6) is 0 Å². The summed E-state index contributed by atoms with van der Waals surface area (Å²) < 4.78 is 0. The smallest absolute Gasteiger partial charge is 0.248 e. The van der Waals surface area contributed by atoms with Crippen LogP contribution in [0, 0.1) is 0 Å². The number of carbonyl (C=O) groups is 2. The number of nitrogens with zero attached hydrogens (tertiary/aromatic N) is 1. The topological polar surface area (TPSA) is 49.4 Å². The molecule has 0 aromatic heterocycles. The highest BCUT2D eigenvalue weighted by molar-refractivity contribution is 8.06. The van der Waals surface area contributed by atoms with Gasteiger partial charge in [0.05, 0.1) is 0 Å². The minimum Gasteiger partial charge on any atom is -0.342 e. The number of thioether (sulfide) groups is 2. The lowest BCUT2D eigenvalue weighted by Crippen LogP contribution is -2.55. The van der Waals surface area contributed by atoms with E-state index in [9.17, 15) is 9.59 Å². The van der Waals surface area contributed by atoms with Gasteiger partial charge in [0.25, 0.3) is 0 Å². The molecule has 2 amide bonds. The average Bonchev–Trinajstić information content (AvgIpc) is 2.52. The molecule has 0 radical (unpaired) electrons. The van der Waals surface area contributed by atoms with Gasteiger partial charge < -0.3 is 10.2 Å². The molecule has 0 aromatic rings. The molecule has 2 heterocycles. The van der Waals surface area contributed by atoms with E-state index in [1.54, 1.807) is 0 Å². The molecular formula is C13H22N2O2S2.